The van der Waals surface area contributed by atoms with Gasteiger partial charge < -0.3 is 4.43 Å². The van der Waals surface area contributed by atoms with Gasteiger partial charge in [-0.3, -0.25) is 0 Å². The standard InChI is InChI=1S/C17H34OSi/c1-14(2,3)19(8,9)18-13-10-16(6)12-17(16,7)11-15(13,4)5/h13H,10-12H2,1-9H3. The van der Waals surface area contributed by atoms with Crippen molar-refractivity contribution in [2.75, 3.05) is 0 Å². The minimum Gasteiger partial charge on any atom is -0.413 e. The molecule has 0 aromatic carbocycles. The lowest BCUT2D eigenvalue weighted by atomic mass is 9.66. The van der Waals surface area contributed by atoms with Crippen molar-refractivity contribution in [3.63, 3.8) is 0 Å². The van der Waals surface area contributed by atoms with Gasteiger partial charge in [-0.15, -0.1) is 0 Å². The zero-order valence-electron chi connectivity index (χ0n) is 14.6. The zero-order valence-corrected chi connectivity index (χ0v) is 15.6. The minimum absolute atomic E-state index is 0.314. The number of hydrogen-bond donors (Lipinski definition) is 0. The molecule has 0 aromatic heterocycles. The van der Waals surface area contributed by atoms with Crippen LogP contribution >= 0.6 is 0 Å². The lowest BCUT2D eigenvalue weighted by molar-refractivity contribution is -0.0185. The van der Waals surface area contributed by atoms with E-state index >= 15 is 0 Å². The Morgan fingerprint density at radius 2 is 1.47 bits per heavy atom. The van der Waals surface area contributed by atoms with E-state index in [1.54, 1.807) is 0 Å². The molecule has 0 radical (unpaired) electrons. The molecule has 0 bridgehead atoms. The summed E-state index contributed by atoms with van der Waals surface area (Å²) in [5.74, 6) is 0. The fourth-order valence-corrected chi connectivity index (χ4v) is 5.42. The summed E-state index contributed by atoms with van der Waals surface area (Å²) in [6.07, 6.45) is 4.45. The van der Waals surface area contributed by atoms with Crippen molar-refractivity contribution < 1.29 is 4.43 Å². The van der Waals surface area contributed by atoms with E-state index in [-0.39, 0.29) is 0 Å². The van der Waals surface area contributed by atoms with Crippen LogP contribution in [0.15, 0.2) is 0 Å². The number of hydrogen-bond acceptors (Lipinski definition) is 1. The van der Waals surface area contributed by atoms with E-state index < -0.39 is 8.32 Å². The maximum Gasteiger partial charge on any atom is 0.192 e. The summed E-state index contributed by atoms with van der Waals surface area (Å²) in [7, 11) is -1.65. The Hall–Kier alpha value is 0.177. The van der Waals surface area contributed by atoms with Gasteiger partial charge in [0.05, 0.1) is 6.10 Å². The van der Waals surface area contributed by atoms with Crippen molar-refractivity contribution in [3.8, 4) is 0 Å². The van der Waals surface area contributed by atoms with Crippen LogP contribution in [0.4, 0.5) is 0 Å². The van der Waals surface area contributed by atoms with Gasteiger partial charge in [0.2, 0.25) is 0 Å². The maximum absolute atomic E-state index is 6.80. The summed E-state index contributed by atoms with van der Waals surface area (Å²) in [4.78, 5) is 0. The van der Waals surface area contributed by atoms with E-state index in [1.165, 1.54) is 19.3 Å². The highest BCUT2D eigenvalue weighted by molar-refractivity contribution is 6.74. The van der Waals surface area contributed by atoms with E-state index in [2.05, 4.69) is 61.6 Å². The van der Waals surface area contributed by atoms with Gasteiger partial charge >= 0.3 is 0 Å². The Morgan fingerprint density at radius 3 is 1.95 bits per heavy atom. The molecule has 2 rings (SSSR count). The molecule has 2 saturated carbocycles. The molecule has 2 aliphatic rings. The van der Waals surface area contributed by atoms with Crippen molar-refractivity contribution in [3.05, 3.63) is 0 Å². The molecule has 0 saturated heterocycles. The Bertz CT molecular complexity index is 379. The van der Waals surface area contributed by atoms with Gasteiger partial charge in [-0.1, -0.05) is 48.5 Å². The van der Waals surface area contributed by atoms with Crippen molar-refractivity contribution in [1.82, 2.24) is 0 Å². The SMILES string of the molecule is CC1(C)CC2(C)CC2(C)CC1O[Si](C)(C)C(C)(C)C. The van der Waals surface area contributed by atoms with Crippen molar-refractivity contribution in [1.29, 1.82) is 0 Å². The van der Waals surface area contributed by atoms with Crippen LogP contribution < -0.4 is 0 Å². The Morgan fingerprint density at radius 1 is 0.947 bits per heavy atom. The van der Waals surface area contributed by atoms with Crippen LogP contribution in [0.25, 0.3) is 0 Å². The first-order valence-electron chi connectivity index (χ1n) is 7.90. The molecule has 1 nitrogen and oxygen atoms in total. The highest BCUT2D eigenvalue weighted by atomic mass is 28.4. The molecule has 0 heterocycles. The highest BCUT2D eigenvalue weighted by Crippen LogP contribution is 2.74. The number of rotatable bonds is 2. The van der Waals surface area contributed by atoms with E-state index in [0.29, 0.717) is 27.4 Å². The van der Waals surface area contributed by atoms with Gasteiger partial charge in [0.15, 0.2) is 8.32 Å². The average Bonchev–Trinajstić information content (AvgIpc) is 2.62. The van der Waals surface area contributed by atoms with Crippen molar-refractivity contribution in [2.24, 2.45) is 16.2 Å². The summed E-state index contributed by atoms with van der Waals surface area (Å²) in [5.41, 5.74) is 1.47. The molecule has 0 aliphatic heterocycles. The van der Waals surface area contributed by atoms with E-state index in [1.807, 2.05) is 0 Å². The van der Waals surface area contributed by atoms with Crippen LogP contribution in [0.5, 0.6) is 0 Å². The quantitative estimate of drug-likeness (QED) is 0.598. The van der Waals surface area contributed by atoms with Crippen LogP contribution in [0.1, 0.15) is 67.7 Å². The second-order valence-electron chi connectivity index (χ2n) is 10.0. The first-order chi connectivity index (χ1) is 8.23. The third-order valence-corrected chi connectivity index (χ3v) is 11.2. The number of fused-ring (bicyclic) bond motifs is 1. The Labute approximate surface area is 121 Å². The molecule has 2 heteroatoms. The molecular formula is C17H34OSi. The van der Waals surface area contributed by atoms with Crippen LogP contribution in [-0.4, -0.2) is 14.4 Å². The van der Waals surface area contributed by atoms with Crippen molar-refractivity contribution in [2.45, 2.75) is 92.0 Å². The predicted octanol–water partition coefficient (Wildman–Crippen LogP) is 5.61. The Balaban J connectivity index is 2.17. The molecule has 0 N–H and O–H groups in total. The average molecular weight is 283 g/mol. The predicted molar refractivity (Wildman–Crippen MR) is 85.9 cm³/mol. The molecular weight excluding hydrogens is 248 g/mol. The summed E-state index contributed by atoms with van der Waals surface area (Å²) in [5, 5.41) is 0.314. The molecule has 19 heavy (non-hydrogen) atoms. The van der Waals surface area contributed by atoms with Crippen LogP contribution in [0.2, 0.25) is 18.1 Å². The second-order valence-corrected chi connectivity index (χ2v) is 14.8. The van der Waals surface area contributed by atoms with E-state index in [4.69, 9.17) is 4.43 Å². The van der Waals surface area contributed by atoms with Gasteiger partial charge in [0.25, 0.3) is 0 Å². The molecule has 3 unspecified atom stereocenters. The van der Waals surface area contributed by atoms with Gasteiger partial charge in [-0.25, -0.2) is 0 Å². The third kappa shape index (κ3) is 2.44. The summed E-state index contributed by atoms with van der Waals surface area (Å²) < 4.78 is 6.80. The fourth-order valence-electron chi connectivity index (χ4n) is 3.95. The lowest BCUT2D eigenvalue weighted by Crippen LogP contribution is -2.50. The van der Waals surface area contributed by atoms with Crippen molar-refractivity contribution >= 4 is 8.32 Å². The van der Waals surface area contributed by atoms with Gasteiger partial charge in [0, 0.05) is 0 Å². The molecule has 0 spiro atoms. The van der Waals surface area contributed by atoms with Gasteiger partial charge in [-0.2, -0.15) is 0 Å². The van der Waals surface area contributed by atoms with Gasteiger partial charge in [-0.05, 0) is 53.6 Å². The molecule has 0 aromatic rings. The summed E-state index contributed by atoms with van der Waals surface area (Å²) in [6, 6.07) is 0. The molecule has 3 atom stereocenters. The molecule has 112 valence electrons. The molecule has 2 fully saturated rings. The fraction of sp³-hybridized carbons (Fsp3) is 1.00. The molecule has 0 amide bonds. The highest BCUT2D eigenvalue weighted by Gasteiger charge is 2.67. The minimum atomic E-state index is -1.65. The van der Waals surface area contributed by atoms with E-state index in [9.17, 15) is 0 Å². The maximum atomic E-state index is 6.80. The molecule has 2 aliphatic carbocycles. The van der Waals surface area contributed by atoms with E-state index in [0.717, 1.165) is 0 Å². The monoisotopic (exact) mass is 282 g/mol. The summed E-state index contributed by atoms with van der Waals surface area (Å²) in [6.45, 7) is 21.6. The first-order valence-corrected chi connectivity index (χ1v) is 10.8. The topological polar surface area (TPSA) is 9.23 Å². The normalized spacial score (nSPS) is 41.8. The van der Waals surface area contributed by atoms with Crippen LogP contribution in [0, 0.1) is 16.2 Å². The third-order valence-electron chi connectivity index (χ3n) is 6.71. The van der Waals surface area contributed by atoms with Crippen LogP contribution in [0.3, 0.4) is 0 Å². The smallest absolute Gasteiger partial charge is 0.192 e. The second kappa shape index (κ2) is 3.88. The lowest BCUT2D eigenvalue weighted by Gasteiger charge is -2.49. The summed E-state index contributed by atoms with van der Waals surface area (Å²) >= 11 is 0. The Kier molecular flexibility index (Phi) is 3.18. The largest absolute Gasteiger partial charge is 0.413 e. The van der Waals surface area contributed by atoms with Crippen LogP contribution in [-0.2, 0) is 4.43 Å². The van der Waals surface area contributed by atoms with Gasteiger partial charge in [0.1, 0.15) is 0 Å². The zero-order chi connectivity index (χ0) is 14.9. The first kappa shape index (κ1) is 15.6.